The van der Waals surface area contributed by atoms with E-state index in [2.05, 4.69) is 15.6 Å². The van der Waals surface area contributed by atoms with Crippen LogP contribution in [0.25, 0.3) is 5.69 Å². The number of nitrogens with zero attached hydrogens (tertiary/aromatic N) is 2. The summed E-state index contributed by atoms with van der Waals surface area (Å²) in [5, 5.41) is 6.15. The maximum Gasteiger partial charge on any atom is 0.251 e. The van der Waals surface area contributed by atoms with E-state index in [4.69, 9.17) is 4.42 Å². The van der Waals surface area contributed by atoms with E-state index < -0.39 is 0 Å². The predicted molar refractivity (Wildman–Crippen MR) is 119 cm³/mol. The summed E-state index contributed by atoms with van der Waals surface area (Å²) in [7, 11) is 0. The third-order valence-corrected chi connectivity index (χ3v) is 5.44. The molecule has 0 radical (unpaired) electrons. The molecule has 4 rings (SSSR count). The van der Waals surface area contributed by atoms with Crippen molar-refractivity contribution in [2.75, 3.05) is 11.1 Å². The van der Waals surface area contributed by atoms with Gasteiger partial charge in [-0.15, -0.1) is 0 Å². The van der Waals surface area contributed by atoms with Gasteiger partial charge in [-0.25, -0.2) is 9.37 Å². The van der Waals surface area contributed by atoms with Gasteiger partial charge in [0, 0.05) is 29.3 Å². The first-order valence-electron chi connectivity index (χ1n) is 9.71. The fourth-order valence-electron chi connectivity index (χ4n) is 2.91. The van der Waals surface area contributed by atoms with Gasteiger partial charge in [-0.2, -0.15) is 0 Å². The lowest BCUT2D eigenvalue weighted by Gasteiger charge is -2.09. The van der Waals surface area contributed by atoms with Gasteiger partial charge in [-0.1, -0.05) is 11.8 Å². The number of carbonyl (C=O) groups excluding carboxylic acids is 2. The Bertz CT molecular complexity index is 1190. The van der Waals surface area contributed by atoms with Gasteiger partial charge in [0.1, 0.15) is 11.6 Å². The molecular weight excluding hydrogens is 431 g/mol. The van der Waals surface area contributed by atoms with Crippen molar-refractivity contribution in [1.29, 1.82) is 0 Å². The second-order valence-corrected chi connectivity index (χ2v) is 7.67. The number of rotatable bonds is 8. The number of thioether (sulfide) groups is 1. The maximum atomic E-state index is 13.0. The van der Waals surface area contributed by atoms with Gasteiger partial charge in [0.2, 0.25) is 5.91 Å². The number of benzene rings is 2. The van der Waals surface area contributed by atoms with Gasteiger partial charge >= 0.3 is 0 Å². The van der Waals surface area contributed by atoms with E-state index in [-0.39, 0.29) is 23.4 Å². The molecule has 0 unspecified atom stereocenters. The van der Waals surface area contributed by atoms with Crippen LogP contribution in [0.4, 0.5) is 10.1 Å². The van der Waals surface area contributed by atoms with Crippen LogP contribution in [-0.4, -0.2) is 27.1 Å². The lowest BCUT2D eigenvalue weighted by atomic mass is 10.2. The molecule has 7 nitrogen and oxygen atoms in total. The zero-order valence-corrected chi connectivity index (χ0v) is 17.6. The van der Waals surface area contributed by atoms with Crippen LogP contribution in [0.5, 0.6) is 0 Å². The Hall–Kier alpha value is -3.85. The van der Waals surface area contributed by atoms with Crippen molar-refractivity contribution in [2.45, 2.75) is 11.7 Å². The highest BCUT2D eigenvalue weighted by Gasteiger charge is 2.11. The van der Waals surface area contributed by atoms with E-state index in [1.54, 1.807) is 42.9 Å². The van der Waals surface area contributed by atoms with Gasteiger partial charge in [0.15, 0.2) is 5.16 Å². The summed E-state index contributed by atoms with van der Waals surface area (Å²) in [6.45, 7) is 0.315. The number of anilines is 1. The fraction of sp³-hybridized carbons (Fsp3) is 0.0870. The van der Waals surface area contributed by atoms with E-state index in [1.165, 1.54) is 36.0 Å². The Morgan fingerprint density at radius 1 is 1.06 bits per heavy atom. The Kier molecular flexibility index (Phi) is 6.66. The number of aromatic nitrogens is 2. The summed E-state index contributed by atoms with van der Waals surface area (Å²) < 4.78 is 20.0. The molecule has 2 aromatic heterocycles. The molecule has 2 aromatic carbocycles. The first-order valence-corrected chi connectivity index (χ1v) is 10.7. The van der Waals surface area contributed by atoms with Crippen LogP contribution >= 0.6 is 11.8 Å². The Morgan fingerprint density at radius 2 is 1.84 bits per heavy atom. The van der Waals surface area contributed by atoms with Gasteiger partial charge in [-0.05, 0) is 60.7 Å². The number of carbonyl (C=O) groups is 2. The predicted octanol–water partition coefficient (Wildman–Crippen LogP) is 4.27. The molecule has 2 amide bonds. The number of halogens is 1. The van der Waals surface area contributed by atoms with E-state index in [0.29, 0.717) is 28.7 Å². The summed E-state index contributed by atoms with van der Waals surface area (Å²) in [5.74, 6) is 0.0334. The zero-order chi connectivity index (χ0) is 22.3. The van der Waals surface area contributed by atoms with Crippen LogP contribution in [0.15, 0.2) is 88.9 Å². The fourth-order valence-corrected chi connectivity index (χ4v) is 3.68. The van der Waals surface area contributed by atoms with Crippen molar-refractivity contribution in [3.05, 3.63) is 96.5 Å². The molecule has 4 aromatic rings. The van der Waals surface area contributed by atoms with Crippen molar-refractivity contribution in [1.82, 2.24) is 14.9 Å². The molecule has 0 aliphatic heterocycles. The first kappa shape index (κ1) is 21.4. The molecule has 0 saturated carbocycles. The van der Waals surface area contributed by atoms with Crippen LogP contribution in [-0.2, 0) is 11.3 Å². The molecule has 9 heteroatoms. The molecule has 0 aliphatic carbocycles. The van der Waals surface area contributed by atoms with Crippen LogP contribution in [0.1, 0.15) is 16.1 Å². The minimum atomic E-state index is -0.361. The number of amides is 2. The lowest BCUT2D eigenvalue weighted by Crippen LogP contribution is -2.22. The molecule has 32 heavy (non-hydrogen) atoms. The molecule has 0 saturated heterocycles. The molecule has 0 atom stereocenters. The minimum Gasteiger partial charge on any atom is -0.467 e. The van der Waals surface area contributed by atoms with Crippen LogP contribution in [0.2, 0.25) is 0 Å². The highest BCUT2D eigenvalue weighted by Crippen LogP contribution is 2.21. The highest BCUT2D eigenvalue weighted by atomic mass is 32.2. The average molecular weight is 450 g/mol. The summed E-state index contributed by atoms with van der Waals surface area (Å²) in [4.78, 5) is 28.8. The van der Waals surface area contributed by atoms with Crippen molar-refractivity contribution >= 4 is 29.3 Å². The zero-order valence-electron chi connectivity index (χ0n) is 16.8. The molecule has 162 valence electrons. The van der Waals surface area contributed by atoms with Gasteiger partial charge in [0.05, 0.1) is 18.6 Å². The van der Waals surface area contributed by atoms with Gasteiger partial charge in [-0.3, -0.25) is 14.2 Å². The summed E-state index contributed by atoms with van der Waals surface area (Å²) >= 11 is 1.27. The highest BCUT2D eigenvalue weighted by molar-refractivity contribution is 7.99. The van der Waals surface area contributed by atoms with E-state index in [0.717, 1.165) is 5.69 Å². The maximum absolute atomic E-state index is 13.0. The Balaban J connectivity index is 1.34. The Labute approximate surface area is 187 Å². The quantitative estimate of drug-likeness (QED) is 0.392. The second kappa shape index (κ2) is 9.97. The molecule has 2 N–H and O–H groups in total. The first-order chi connectivity index (χ1) is 15.6. The summed E-state index contributed by atoms with van der Waals surface area (Å²) in [5.41, 5.74) is 1.86. The Morgan fingerprint density at radius 3 is 2.56 bits per heavy atom. The van der Waals surface area contributed by atoms with Crippen LogP contribution in [0, 0.1) is 5.82 Å². The number of hydrogen-bond donors (Lipinski definition) is 2. The number of nitrogens with one attached hydrogen (secondary N) is 2. The van der Waals surface area contributed by atoms with Crippen molar-refractivity contribution in [3.63, 3.8) is 0 Å². The monoisotopic (exact) mass is 450 g/mol. The topological polar surface area (TPSA) is 89.2 Å². The largest absolute Gasteiger partial charge is 0.467 e. The molecule has 0 bridgehead atoms. The second-order valence-electron chi connectivity index (χ2n) is 6.73. The van der Waals surface area contributed by atoms with E-state index >= 15 is 0 Å². The standard InChI is InChI=1S/C23H19FN4O3S/c24-17-5-7-18(8-6-17)27-21(29)15-32-23-25-11-12-28(23)19-9-3-16(4-10-19)22(30)26-14-20-2-1-13-31-20/h1-13H,14-15H2,(H,26,30)(H,27,29). The average Bonchev–Trinajstić information content (AvgIpc) is 3.50. The molecule has 2 heterocycles. The number of hydrogen-bond acceptors (Lipinski definition) is 5. The normalized spacial score (nSPS) is 10.7. The third-order valence-electron chi connectivity index (χ3n) is 4.48. The third kappa shape index (κ3) is 5.44. The van der Waals surface area contributed by atoms with Crippen LogP contribution < -0.4 is 10.6 Å². The minimum absolute atomic E-state index is 0.141. The van der Waals surface area contributed by atoms with E-state index in [9.17, 15) is 14.0 Å². The lowest BCUT2D eigenvalue weighted by molar-refractivity contribution is -0.113. The molecular formula is C23H19FN4O3S. The van der Waals surface area contributed by atoms with Gasteiger partial charge < -0.3 is 15.1 Å². The van der Waals surface area contributed by atoms with Crippen LogP contribution in [0.3, 0.4) is 0 Å². The number of furan rings is 1. The SMILES string of the molecule is O=C(CSc1nccn1-c1ccc(C(=O)NCc2ccco2)cc1)Nc1ccc(F)cc1. The number of imidazole rings is 1. The molecule has 0 spiro atoms. The van der Waals surface area contributed by atoms with Crippen molar-refractivity contribution < 1.29 is 18.4 Å². The van der Waals surface area contributed by atoms with Crippen molar-refractivity contribution in [2.24, 2.45) is 0 Å². The summed E-state index contributed by atoms with van der Waals surface area (Å²) in [6.07, 6.45) is 4.99. The van der Waals surface area contributed by atoms with E-state index in [1.807, 2.05) is 16.7 Å². The van der Waals surface area contributed by atoms with Crippen molar-refractivity contribution in [3.8, 4) is 5.69 Å². The summed E-state index contributed by atoms with van der Waals surface area (Å²) in [6, 6.07) is 16.2. The molecule has 0 aliphatic rings. The smallest absolute Gasteiger partial charge is 0.251 e. The molecule has 0 fully saturated rings. The van der Waals surface area contributed by atoms with Gasteiger partial charge in [0.25, 0.3) is 5.91 Å².